The third-order valence-electron chi connectivity index (χ3n) is 3.03. The maximum atomic E-state index is 12.1. The molecule has 0 aliphatic carbocycles. The van der Waals surface area contributed by atoms with Crippen LogP contribution in [0.1, 0.15) is 17.8 Å². The van der Waals surface area contributed by atoms with Crippen molar-refractivity contribution in [1.82, 2.24) is 14.5 Å². The van der Waals surface area contributed by atoms with Gasteiger partial charge in [0, 0.05) is 12.4 Å². The minimum atomic E-state index is -3.41. The molecule has 9 heteroatoms. The molecule has 0 aromatic carbocycles. The van der Waals surface area contributed by atoms with E-state index < -0.39 is 15.9 Å². The number of carbonyl (C=O) groups is 1. The highest BCUT2D eigenvalue weighted by Gasteiger charge is 2.32. The van der Waals surface area contributed by atoms with Gasteiger partial charge in [-0.15, -0.1) is 0 Å². The fourth-order valence-electron chi connectivity index (χ4n) is 2.05. The number of sulfone groups is 1. The van der Waals surface area contributed by atoms with E-state index in [1.54, 1.807) is 7.05 Å². The zero-order valence-corrected chi connectivity index (χ0v) is 12.7. The second-order valence-electron chi connectivity index (χ2n) is 4.35. The van der Waals surface area contributed by atoms with Gasteiger partial charge in [0.05, 0.1) is 30.2 Å². The second-order valence-corrected chi connectivity index (χ2v) is 7.14. The summed E-state index contributed by atoms with van der Waals surface area (Å²) in [4.78, 5) is 16.2. The van der Waals surface area contributed by atoms with Crippen LogP contribution in [-0.2, 0) is 30.0 Å². The molecular formula is C10H14BrN3O4S. The quantitative estimate of drug-likeness (QED) is 0.816. The van der Waals surface area contributed by atoms with Gasteiger partial charge in [-0.25, -0.2) is 18.2 Å². The highest BCUT2D eigenvalue weighted by atomic mass is 79.9. The van der Waals surface area contributed by atoms with Crippen molar-refractivity contribution in [3.8, 4) is 0 Å². The fraction of sp³-hybridized carbons (Fsp3) is 0.600. The van der Waals surface area contributed by atoms with E-state index in [2.05, 4.69) is 20.9 Å². The molecule has 1 N–H and O–H groups in total. The normalized spacial score (nSPS) is 14.7. The molecule has 0 saturated carbocycles. The van der Waals surface area contributed by atoms with Gasteiger partial charge in [0.2, 0.25) is 15.0 Å². The number of amides is 1. The van der Waals surface area contributed by atoms with Crippen molar-refractivity contribution in [1.29, 1.82) is 0 Å². The molecule has 7 nitrogen and oxygen atoms in total. The van der Waals surface area contributed by atoms with Crippen molar-refractivity contribution in [3.05, 3.63) is 11.4 Å². The Morgan fingerprint density at radius 2 is 2.16 bits per heavy atom. The molecule has 19 heavy (non-hydrogen) atoms. The number of nitrogens with zero attached hydrogens (tertiary/aromatic N) is 3. The number of halogens is 1. The van der Waals surface area contributed by atoms with Gasteiger partial charge in [-0.3, -0.25) is 4.90 Å². The summed E-state index contributed by atoms with van der Waals surface area (Å²) in [6, 6.07) is 0. The highest BCUT2D eigenvalue weighted by Crippen LogP contribution is 2.25. The lowest BCUT2D eigenvalue weighted by atomic mass is 10.4. The molecule has 0 fully saturated rings. The topological polar surface area (TPSA) is 92.5 Å². The van der Waals surface area contributed by atoms with Crippen LogP contribution in [0, 0.1) is 0 Å². The van der Waals surface area contributed by atoms with E-state index in [1.807, 2.05) is 0 Å². The molecule has 0 radical (unpaired) electrons. The average molecular weight is 352 g/mol. The molecule has 1 aromatic rings. The number of fused-ring (bicyclic) bond motifs is 1. The van der Waals surface area contributed by atoms with Gasteiger partial charge in [0.25, 0.3) is 0 Å². The van der Waals surface area contributed by atoms with E-state index >= 15 is 0 Å². The number of alkyl halides is 1. The lowest BCUT2D eigenvalue weighted by Crippen LogP contribution is -2.24. The van der Waals surface area contributed by atoms with Crippen LogP contribution in [0.25, 0.3) is 0 Å². The average Bonchev–Trinajstić information content (AvgIpc) is 2.87. The van der Waals surface area contributed by atoms with Gasteiger partial charge in [-0.05, 0) is 6.42 Å². The van der Waals surface area contributed by atoms with Crippen molar-refractivity contribution < 1.29 is 18.3 Å². The second kappa shape index (κ2) is 5.12. The van der Waals surface area contributed by atoms with E-state index in [0.29, 0.717) is 23.1 Å². The fourth-order valence-corrected chi connectivity index (χ4v) is 4.19. The molecule has 1 amide bonds. The molecule has 0 unspecified atom stereocenters. The monoisotopic (exact) mass is 351 g/mol. The Balaban J connectivity index is 2.29. The predicted octanol–water partition coefficient (Wildman–Crippen LogP) is 0.972. The maximum Gasteiger partial charge on any atom is 0.408 e. The van der Waals surface area contributed by atoms with Crippen LogP contribution >= 0.6 is 15.9 Å². The zero-order chi connectivity index (χ0) is 14.2. The van der Waals surface area contributed by atoms with Gasteiger partial charge in [0.15, 0.2) is 0 Å². The first-order chi connectivity index (χ1) is 8.86. The van der Waals surface area contributed by atoms with Crippen LogP contribution < -0.4 is 0 Å². The number of imidazole rings is 1. The van der Waals surface area contributed by atoms with E-state index in [1.165, 1.54) is 9.47 Å². The van der Waals surface area contributed by atoms with Gasteiger partial charge >= 0.3 is 6.09 Å². The Hall–Kier alpha value is -1.09. The molecule has 2 heterocycles. The van der Waals surface area contributed by atoms with Crippen molar-refractivity contribution in [3.63, 3.8) is 0 Å². The molecule has 0 saturated heterocycles. The van der Waals surface area contributed by atoms with Crippen molar-refractivity contribution in [2.45, 2.75) is 24.7 Å². The number of aromatic nitrogens is 2. The van der Waals surface area contributed by atoms with Crippen LogP contribution in [0.15, 0.2) is 5.16 Å². The largest absolute Gasteiger partial charge is 0.465 e. The molecule has 2 rings (SSSR count). The van der Waals surface area contributed by atoms with Crippen molar-refractivity contribution >= 4 is 31.9 Å². The van der Waals surface area contributed by atoms with Crippen LogP contribution in [0.5, 0.6) is 0 Å². The van der Waals surface area contributed by atoms with Crippen LogP contribution in [0.3, 0.4) is 0 Å². The first-order valence-electron chi connectivity index (χ1n) is 5.68. The van der Waals surface area contributed by atoms with E-state index in [0.717, 1.165) is 0 Å². The van der Waals surface area contributed by atoms with Gasteiger partial charge in [-0.1, -0.05) is 15.9 Å². The number of carboxylic acid groups (broad SMARTS) is 1. The van der Waals surface area contributed by atoms with Crippen LogP contribution in [0.2, 0.25) is 0 Å². The molecule has 1 aliphatic rings. The number of hydrogen-bond acceptors (Lipinski definition) is 4. The summed E-state index contributed by atoms with van der Waals surface area (Å²) in [5, 5.41) is 9.55. The van der Waals surface area contributed by atoms with Crippen molar-refractivity contribution in [2.24, 2.45) is 7.05 Å². The summed E-state index contributed by atoms with van der Waals surface area (Å²) >= 11 is 3.20. The summed E-state index contributed by atoms with van der Waals surface area (Å²) < 4.78 is 25.7. The van der Waals surface area contributed by atoms with Crippen molar-refractivity contribution in [2.75, 3.05) is 11.1 Å². The van der Waals surface area contributed by atoms with E-state index in [-0.39, 0.29) is 24.0 Å². The maximum absolute atomic E-state index is 12.1. The standard InChI is InChI=1S/C10H14BrN3O4S/c1-13-8-6-14(10(15)16)5-7(8)12-9(13)19(17,18)4-2-3-11/h2-6H2,1H3,(H,15,16). The Morgan fingerprint density at radius 1 is 1.47 bits per heavy atom. The SMILES string of the molecule is Cn1c(S(=O)(=O)CCCBr)nc2c1CN(C(=O)O)C2. The summed E-state index contributed by atoms with van der Waals surface area (Å²) in [5.74, 6) is 0.0324. The summed E-state index contributed by atoms with van der Waals surface area (Å²) in [6.07, 6.45) is -0.511. The molecule has 0 atom stereocenters. The molecule has 1 aliphatic heterocycles. The molecule has 106 valence electrons. The van der Waals surface area contributed by atoms with Gasteiger partial charge in [0.1, 0.15) is 0 Å². The third-order valence-corrected chi connectivity index (χ3v) is 5.34. The smallest absolute Gasteiger partial charge is 0.408 e. The summed E-state index contributed by atoms with van der Waals surface area (Å²) in [7, 11) is -1.80. The first-order valence-corrected chi connectivity index (χ1v) is 8.45. The van der Waals surface area contributed by atoms with Crippen LogP contribution in [0.4, 0.5) is 4.79 Å². The number of hydrogen-bond donors (Lipinski definition) is 1. The Labute approximate surface area is 119 Å². The minimum Gasteiger partial charge on any atom is -0.465 e. The third kappa shape index (κ3) is 2.62. The van der Waals surface area contributed by atoms with Gasteiger partial charge < -0.3 is 9.67 Å². The molecule has 0 spiro atoms. The Kier molecular flexibility index (Phi) is 3.86. The van der Waals surface area contributed by atoms with E-state index in [4.69, 9.17) is 5.11 Å². The lowest BCUT2D eigenvalue weighted by molar-refractivity contribution is 0.144. The Morgan fingerprint density at radius 3 is 2.68 bits per heavy atom. The Bertz CT molecular complexity index is 611. The zero-order valence-electron chi connectivity index (χ0n) is 10.3. The summed E-state index contributed by atoms with van der Waals surface area (Å²) in [6.45, 7) is 0.328. The summed E-state index contributed by atoms with van der Waals surface area (Å²) in [5.41, 5.74) is 1.18. The molecule has 1 aromatic heterocycles. The van der Waals surface area contributed by atoms with Crippen LogP contribution in [-0.4, -0.2) is 45.2 Å². The minimum absolute atomic E-state index is 0.0310. The molecule has 0 bridgehead atoms. The predicted molar refractivity (Wildman–Crippen MR) is 70.9 cm³/mol. The lowest BCUT2D eigenvalue weighted by Gasteiger charge is -2.11. The first kappa shape index (κ1) is 14.3. The van der Waals surface area contributed by atoms with Gasteiger partial charge in [-0.2, -0.15) is 0 Å². The number of rotatable bonds is 4. The highest BCUT2D eigenvalue weighted by molar-refractivity contribution is 9.09. The van der Waals surface area contributed by atoms with E-state index in [9.17, 15) is 13.2 Å². The molecular weight excluding hydrogens is 338 g/mol.